The van der Waals surface area contributed by atoms with Crippen molar-refractivity contribution in [2.24, 2.45) is 5.92 Å². The number of anilines is 1. The van der Waals surface area contributed by atoms with Gasteiger partial charge in [-0.3, -0.25) is 4.79 Å². The van der Waals surface area contributed by atoms with Crippen LogP contribution in [0.15, 0.2) is 18.2 Å². The molecule has 1 heterocycles. The molecule has 1 saturated heterocycles. The number of para-hydroxylation sites is 1. The fraction of sp³-hybridized carbons (Fsp3) is 0.562. The van der Waals surface area contributed by atoms with Gasteiger partial charge in [-0.1, -0.05) is 25.1 Å². The van der Waals surface area contributed by atoms with Crippen molar-refractivity contribution in [1.29, 1.82) is 0 Å². The summed E-state index contributed by atoms with van der Waals surface area (Å²) in [6, 6.07) is 5.96. The summed E-state index contributed by atoms with van der Waals surface area (Å²) in [6.45, 7) is 4.81. The molecule has 0 bridgehead atoms. The van der Waals surface area contributed by atoms with E-state index in [0.29, 0.717) is 6.54 Å². The Hall–Kier alpha value is -1.40. The van der Waals surface area contributed by atoms with E-state index in [2.05, 4.69) is 12.2 Å². The predicted octanol–water partition coefficient (Wildman–Crippen LogP) is 2.17. The number of hydrogen-bond acceptors (Lipinski definition) is 3. The number of nitrogens with zero attached hydrogens (tertiary/aromatic N) is 1. The number of rotatable bonds is 4. The lowest BCUT2D eigenvalue weighted by Gasteiger charge is -2.30. The van der Waals surface area contributed by atoms with Crippen LogP contribution < -0.4 is 5.32 Å². The van der Waals surface area contributed by atoms with E-state index in [9.17, 15) is 13.2 Å². The van der Waals surface area contributed by atoms with Gasteiger partial charge in [0, 0.05) is 18.8 Å². The van der Waals surface area contributed by atoms with Crippen molar-refractivity contribution < 1.29 is 13.2 Å². The van der Waals surface area contributed by atoms with Crippen LogP contribution in [0.25, 0.3) is 0 Å². The minimum Gasteiger partial charge on any atom is -0.325 e. The maximum Gasteiger partial charge on any atom is 0.228 e. The van der Waals surface area contributed by atoms with Crippen molar-refractivity contribution in [1.82, 2.24) is 4.31 Å². The molecule has 0 spiro atoms. The molecule has 0 aliphatic carbocycles. The molecule has 1 aliphatic heterocycles. The van der Waals surface area contributed by atoms with E-state index in [1.54, 1.807) is 0 Å². The van der Waals surface area contributed by atoms with Gasteiger partial charge < -0.3 is 5.32 Å². The third-order valence-corrected chi connectivity index (χ3v) is 5.48. The highest BCUT2D eigenvalue weighted by molar-refractivity contribution is 7.88. The summed E-state index contributed by atoms with van der Waals surface area (Å²) in [4.78, 5) is 12.5. The SMILES string of the molecule is CCc1cccc(C)c1NC(=O)[C@H]1CCCN(S(C)(=O)=O)C1. The van der Waals surface area contributed by atoms with Crippen LogP contribution in [0.2, 0.25) is 0 Å². The van der Waals surface area contributed by atoms with Crippen molar-refractivity contribution in [3.05, 3.63) is 29.3 Å². The molecule has 5 nitrogen and oxygen atoms in total. The van der Waals surface area contributed by atoms with Crippen LogP contribution in [0.5, 0.6) is 0 Å². The lowest BCUT2D eigenvalue weighted by atomic mass is 9.98. The Morgan fingerprint density at radius 3 is 2.77 bits per heavy atom. The first-order valence-corrected chi connectivity index (χ1v) is 9.52. The Kier molecular flexibility index (Phi) is 5.24. The van der Waals surface area contributed by atoms with Crippen molar-refractivity contribution in [2.45, 2.75) is 33.1 Å². The molecule has 0 aromatic heterocycles. The van der Waals surface area contributed by atoms with Crippen LogP contribution in [0.1, 0.15) is 30.9 Å². The van der Waals surface area contributed by atoms with Crippen molar-refractivity contribution >= 4 is 21.6 Å². The van der Waals surface area contributed by atoms with Crippen molar-refractivity contribution in [3.8, 4) is 0 Å². The quantitative estimate of drug-likeness (QED) is 0.923. The van der Waals surface area contributed by atoms with Crippen molar-refractivity contribution in [3.63, 3.8) is 0 Å². The largest absolute Gasteiger partial charge is 0.325 e. The zero-order valence-electron chi connectivity index (χ0n) is 13.4. The number of amides is 1. The highest BCUT2D eigenvalue weighted by Crippen LogP contribution is 2.24. The minimum absolute atomic E-state index is 0.0858. The molecule has 1 amide bonds. The molecule has 1 aromatic rings. The second-order valence-corrected chi connectivity index (χ2v) is 7.89. The Bertz CT molecular complexity index is 655. The van der Waals surface area contributed by atoms with Gasteiger partial charge in [-0.2, -0.15) is 0 Å². The lowest BCUT2D eigenvalue weighted by molar-refractivity contribution is -0.120. The number of hydrogen-bond donors (Lipinski definition) is 1. The van der Waals surface area contributed by atoms with Gasteiger partial charge in [-0.05, 0) is 37.3 Å². The van der Waals surface area contributed by atoms with E-state index < -0.39 is 10.0 Å². The number of aryl methyl sites for hydroxylation is 2. The Labute approximate surface area is 132 Å². The van der Waals surface area contributed by atoms with Crippen molar-refractivity contribution in [2.75, 3.05) is 24.7 Å². The first-order valence-electron chi connectivity index (χ1n) is 7.67. The molecule has 22 heavy (non-hydrogen) atoms. The van der Waals surface area contributed by atoms with E-state index >= 15 is 0 Å². The van der Waals surface area contributed by atoms with Gasteiger partial charge >= 0.3 is 0 Å². The summed E-state index contributed by atoms with van der Waals surface area (Å²) >= 11 is 0. The summed E-state index contributed by atoms with van der Waals surface area (Å²) < 4.78 is 24.7. The van der Waals surface area contributed by atoms with Crippen LogP contribution in [-0.2, 0) is 21.2 Å². The Morgan fingerprint density at radius 2 is 2.14 bits per heavy atom. The molecular formula is C16H24N2O3S. The number of benzene rings is 1. The maximum atomic E-state index is 12.5. The smallest absolute Gasteiger partial charge is 0.228 e. The molecule has 2 rings (SSSR count). The summed E-state index contributed by atoms with van der Waals surface area (Å²) in [5.74, 6) is -0.370. The minimum atomic E-state index is -3.23. The standard InChI is InChI=1S/C16H24N2O3S/c1-4-13-8-5-7-12(2)15(13)17-16(19)14-9-6-10-18(11-14)22(3,20)21/h5,7-8,14H,4,6,9-11H2,1-3H3,(H,17,19)/t14-/m0/s1. The van der Waals surface area contributed by atoms with Gasteiger partial charge in [0.1, 0.15) is 0 Å². The zero-order valence-corrected chi connectivity index (χ0v) is 14.2. The molecular weight excluding hydrogens is 300 g/mol. The second-order valence-electron chi connectivity index (χ2n) is 5.91. The Balaban J connectivity index is 2.13. The lowest BCUT2D eigenvalue weighted by Crippen LogP contribution is -2.43. The molecule has 0 unspecified atom stereocenters. The van der Waals surface area contributed by atoms with Crippen LogP contribution in [0.3, 0.4) is 0 Å². The van der Waals surface area contributed by atoms with E-state index in [0.717, 1.165) is 36.1 Å². The van der Waals surface area contributed by atoms with Gasteiger partial charge in [0.25, 0.3) is 0 Å². The molecule has 1 fully saturated rings. The second kappa shape index (κ2) is 6.79. The normalized spacial score (nSPS) is 19.9. The van der Waals surface area contributed by atoms with E-state index in [1.807, 2.05) is 25.1 Å². The highest BCUT2D eigenvalue weighted by atomic mass is 32.2. The van der Waals surface area contributed by atoms with Gasteiger partial charge in [0.05, 0.1) is 12.2 Å². The summed E-state index contributed by atoms with van der Waals surface area (Å²) in [6.07, 6.45) is 3.49. The summed E-state index contributed by atoms with van der Waals surface area (Å²) in [7, 11) is -3.23. The van der Waals surface area contributed by atoms with Crippen LogP contribution in [-0.4, -0.2) is 38.0 Å². The molecule has 0 radical (unpaired) electrons. The number of carbonyl (C=O) groups is 1. The zero-order chi connectivity index (χ0) is 16.3. The number of carbonyl (C=O) groups excluding carboxylic acids is 1. The van der Waals surface area contributed by atoms with Crippen LogP contribution in [0.4, 0.5) is 5.69 Å². The average Bonchev–Trinajstić information content (AvgIpc) is 2.48. The predicted molar refractivity (Wildman–Crippen MR) is 88.3 cm³/mol. The third-order valence-electron chi connectivity index (χ3n) is 4.21. The molecule has 6 heteroatoms. The monoisotopic (exact) mass is 324 g/mol. The fourth-order valence-electron chi connectivity index (χ4n) is 2.88. The van der Waals surface area contributed by atoms with Gasteiger partial charge in [0.2, 0.25) is 15.9 Å². The summed E-state index contributed by atoms with van der Waals surface area (Å²) in [5.41, 5.74) is 3.00. The fourth-order valence-corrected chi connectivity index (χ4v) is 3.80. The van der Waals surface area contributed by atoms with Gasteiger partial charge in [-0.25, -0.2) is 12.7 Å². The third kappa shape index (κ3) is 3.87. The maximum absolute atomic E-state index is 12.5. The Morgan fingerprint density at radius 1 is 1.41 bits per heavy atom. The van der Waals surface area contributed by atoms with Crippen LogP contribution in [0, 0.1) is 12.8 Å². The molecule has 1 atom stereocenters. The highest BCUT2D eigenvalue weighted by Gasteiger charge is 2.30. The topological polar surface area (TPSA) is 66.5 Å². The number of piperidine rings is 1. The molecule has 1 aromatic carbocycles. The first-order chi connectivity index (χ1) is 10.3. The molecule has 1 N–H and O–H groups in total. The van der Waals surface area contributed by atoms with E-state index in [1.165, 1.54) is 10.6 Å². The summed E-state index contributed by atoms with van der Waals surface area (Å²) in [5, 5.41) is 3.01. The van der Waals surface area contributed by atoms with Gasteiger partial charge in [-0.15, -0.1) is 0 Å². The van der Waals surface area contributed by atoms with E-state index in [-0.39, 0.29) is 18.4 Å². The first kappa shape index (κ1) is 17.0. The molecule has 1 aliphatic rings. The van der Waals surface area contributed by atoms with E-state index in [4.69, 9.17) is 0 Å². The molecule has 122 valence electrons. The number of nitrogens with one attached hydrogen (secondary N) is 1. The van der Waals surface area contributed by atoms with Crippen LogP contribution >= 0.6 is 0 Å². The molecule has 0 saturated carbocycles. The average molecular weight is 324 g/mol. The van der Waals surface area contributed by atoms with Gasteiger partial charge in [0.15, 0.2) is 0 Å². The number of sulfonamides is 1.